The first-order valence-corrected chi connectivity index (χ1v) is 8.34. The molecule has 0 unspecified atom stereocenters. The van der Waals surface area contributed by atoms with Crippen LogP contribution in [0.4, 0.5) is 5.69 Å². The van der Waals surface area contributed by atoms with Crippen molar-refractivity contribution in [2.75, 3.05) is 19.0 Å². The lowest BCUT2D eigenvalue weighted by Gasteiger charge is -2.19. The van der Waals surface area contributed by atoms with E-state index in [0.717, 1.165) is 27.6 Å². The van der Waals surface area contributed by atoms with Gasteiger partial charge >= 0.3 is 0 Å². The van der Waals surface area contributed by atoms with Crippen LogP contribution in [0.15, 0.2) is 60.7 Å². The fourth-order valence-electron chi connectivity index (χ4n) is 3.55. The van der Waals surface area contributed by atoms with Gasteiger partial charge < -0.3 is 15.3 Å². The van der Waals surface area contributed by atoms with Crippen molar-refractivity contribution >= 4 is 22.4 Å². The molecule has 25 heavy (non-hydrogen) atoms. The molecule has 1 aliphatic rings. The SMILES string of the molecule is CN(C)c1ccc(C(=O)N[C@H]2c3cccc4cccc(c34)[C@H]2O)cc1. The Bertz CT molecular complexity index is 943. The molecule has 3 aromatic rings. The summed E-state index contributed by atoms with van der Waals surface area (Å²) in [7, 11) is 3.92. The quantitative estimate of drug-likeness (QED) is 0.773. The van der Waals surface area contributed by atoms with Crippen LogP contribution in [-0.4, -0.2) is 25.1 Å². The molecule has 126 valence electrons. The number of carbonyl (C=O) groups excluding carboxylic acids is 1. The van der Waals surface area contributed by atoms with E-state index in [1.165, 1.54) is 0 Å². The molecule has 4 nitrogen and oxygen atoms in total. The van der Waals surface area contributed by atoms with E-state index in [1.807, 2.05) is 67.5 Å². The maximum absolute atomic E-state index is 12.7. The minimum Gasteiger partial charge on any atom is -0.386 e. The number of aliphatic hydroxyl groups is 1. The fourth-order valence-corrected chi connectivity index (χ4v) is 3.55. The molecular formula is C21H20N2O2. The van der Waals surface area contributed by atoms with Crippen LogP contribution in [-0.2, 0) is 0 Å². The van der Waals surface area contributed by atoms with E-state index in [-0.39, 0.29) is 5.91 Å². The highest BCUT2D eigenvalue weighted by molar-refractivity contribution is 5.97. The number of nitrogens with zero attached hydrogens (tertiary/aromatic N) is 1. The summed E-state index contributed by atoms with van der Waals surface area (Å²) in [6.07, 6.45) is -0.730. The molecule has 1 aliphatic carbocycles. The Morgan fingerprint density at radius 1 is 0.960 bits per heavy atom. The van der Waals surface area contributed by atoms with Gasteiger partial charge in [0.1, 0.15) is 6.10 Å². The number of benzene rings is 3. The van der Waals surface area contributed by atoms with Gasteiger partial charge in [-0.15, -0.1) is 0 Å². The molecule has 0 saturated carbocycles. The Hall–Kier alpha value is -2.85. The molecule has 4 heteroatoms. The van der Waals surface area contributed by atoms with E-state index in [9.17, 15) is 9.90 Å². The Labute approximate surface area is 146 Å². The molecule has 0 fully saturated rings. The van der Waals surface area contributed by atoms with E-state index >= 15 is 0 Å². The van der Waals surface area contributed by atoms with Gasteiger partial charge in [-0.05, 0) is 46.2 Å². The largest absolute Gasteiger partial charge is 0.386 e. The maximum Gasteiger partial charge on any atom is 0.251 e. The number of hydrogen-bond acceptors (Lipinski definition) is 3. The molecule has 0 radical (unpaired) electrons. The highest BCUT2D eigenvalue weighted by Gasteiger charge is 2.34. The molecular weight excluding hydrogens is 312 g/mol. The van der Waals surface area contributed by atoms with Crippen molar-refractivity contribution in [3.05, 3.63) is 77.4 Å². The summed E-state index contributed by atoms with van der Waals surface area (Å²) in [5, 5.41) is 15.8. The van der Waals surface area contributed by atoms with Crippen LogP contribution in [0.3, 0.4) is 0 Å². The fraction of sp³-hybridized carbons (Fsp3) is 0.190. The molecule has 0 aromatic heterocycles. The van der Waals surface area contributed by atoms with Gasteiger partial charge in [0.2, 0.25) is 0 Å². The van der Waals surface area contributed by atoms with Gasteiger partial charge in [0.15, 0.2) is 0 Å². The second-order valence-corrected chi connectivity index (χ2v) is 6.63. The summed E-state index contributed by atoms with van der Waals surface area (Å²) in [4.78, 5) is 14.6. The Morgan fingerprint density at radius 2 is 1.60 bits per heavy atom. The molecule has 3 aromatic carbocycles. The van der Waals surface area contributed by atoms with E-state index in [2.05, 4.69) is 5.32 Å². The lowest BCUT2D eigenvalue weighted by molar-refractivity contribution is 0.0848. The molecule has 0 heterocycles. The summed E-state index contributed by atoms with van der Waals surface area (Å²) in [5.41, 5.74) is 3.47. The van der Waals surface area contributed by atoms with Crippen molar-refractivity contribution in [2.45, 2.75) is 12.1 Å². The van der Waals surface area contributed by atoms with Crippen molar-refractivity contribution in [1.82, 2.24) is 5.32 Å². The summed E-state index contributed by atoms with van der Waals surface area (Å²) >= 11 is 0. The van der Waals surface area contributed by atoms with Gasteiger partial charge in [-0.25, -0.2) is 0 Å². The second kappa shape index (κ2) is 5.90. The van der Waals surface area contributed by atoms with Crippen LogP contribution in [0.25, 0.3) is 10.8 Å². The number of carbonyl (C=O) groups is 1. The molecule has 2 atom stereocenters. The lowest BCUT2D eigenvalue weighted by Crippen LogP contribution is -2.30. The number of hydrogen-bond donors (Lipinski definition) is 2. The highest BCUT2D eigenvalue weighted by Crippen LogP contribution is 2.43. The van der Waals surface area contributed by atoms with E-state index < -0.39 is 12.1 Å². The average molecular weight is 332 g/mol. The zero-order valence-corrected chi connectivity index (χ0v) is 14.2. The van der Waals surface area contributed by atoms with Gasteiger partial charge in [-0.1, -0.05) is 36.4 Å². The van der Waals surface area contributed by atoms with Crippen LogP contribution in [0, 0.1) is 0 Å². The minimum absolute atomic E-state index is 0.181. The minimum atomic E-state index is -0.730. The number of aliphatic hydroxyl groups excluding tert-OH is 1. The zero-order chi connectivity index (χ0) is 17.6. The summed E-state index contributed by atoms with van der Waals surface area (Å²) in [6, 6.07) is 18.9. The van der Waals surface area contributed by atoms with Crippen molar-refractivity contribution in [3.63, 3.8) is 0 Å². The molecule has 2 N–H and O–H groups in total. The highest BCUT2D eigenvalue weighted by atomic mass is 16.3. The van der Waals surface area contributed by atoms with Crippen LogP contribution >= 0.6 is 0 Å². The Kier molecular flexibility index (Phi) is 3.70. The summed E-state index contributed by atoms with van der Waals surface area (Å²) in [6.45, 7) is 0. The normalized spacial score (nSPS) is 18.4. The smallest absolute Gasteiger partial charge is 0.251 e. The van der Waals surface area contributed by atoms with Gasteiger partial charge in [-0.3, -0.25) is 4.79 Å². The predicted molar refractivity (Wildman–Crippen MR) is 99.9 cm³/mol. The first-order valence-electron chi connectivity index (χ1n) is 8.34. The Balaban J connectivity index is 1.63. The lowest BCUT2D eigenvalue weighted by atomic mass is 10.0. The van der Waals surface area contributed by atoms with E-state index in [0.29, 0.717) is 5.56 Å². The number of anilines is 1. The number of nitrogens with one attached hydrogen (secondary N) is 1. The molecule has 1 amide bonds. The number of rotatable bonds is 3. The van der Waals surface area contributed by atoms with Crippen LogP contribution < -0.4 is 10.2 Å². The topological polar surface area (TPSA) is 52.6 Å². The predicted octanol–water partition coefficient (Wildman–Crippen LogP) is 3.42. The zero-order valence-electron chi connectivity index (χ0n) is 14.2. The third-order valence-corrected chi connectivity index (χ3v) is 4.87. The summed E-state index contributed by atoms with van der Waals surface area (Å²) in [5.74, 6) is -0.181. The molecule has 0 bridgehead atoms. The first-order chi connectivity index (χ1) is 12.1. The van der Waals surface area contributed by atoms with Crippen LogP contribution in [0.2, 0.25) is 0 Å². The van der Waals surface area contributed by atoms with Crippen molar-refractivity contribution < 1.29 is 9.90 Å². The number of amides is 1. The molecule has 4 rings (SSSR count). The third kappa shape index (κ3) is 2.55. The second-order valence-electron chi connectivity index (χ2n) is 6.63. The Morgan fingerprint density at radius 3 is 2.24 bits per heavy atom. The molecule has 0 spiro atoms. The van der Waals surface area contributed by atoms with Gasteiger partial charge in [-0.2, -0.15) is 0 Å². The standard InChI is InChI=1S/C21H20N2O2/c1-23(2)15-11-9-14(10-12-15)21(25)22-19-16-7-3-5-13-6-4-8-17(18(13)16)20(19)24/h3-12,19-20,24H,1-2H3,(H,22,25)/t19-,20+/m0/s1. The molecule has 0 aliphatic heterocycles. The van der Waals surface area contributed by atoms with Crippen LogP contribution in [0.1, 0.15) is 33.6 Å². The van der Waals surface area contributed by atoms with Gasteiger partial charge in [0.25, 0.3) is 5.91 Å². The van der Waals surface area contributed by atoms with Crippen LogP contribution in [0.5, 0.6) is 0 Å². The maximum atomic E-state index is 12.7. The van der Waals surface area contributed by atoms with Crippen molar-refractivity contribution in [3.8, 4) is 0 Å². The van der Waals surface area contributed by atoms with Crippen molar-refractivity contribution in [2.24, 2.45) is 0 Å². The van der Waals surface area contributed by atoms with Gasteiger partial charge in [0, 0.05) is 25.3 Å². The third-order valence-electron chi connectivity index (χ3n) is 4.87. The van der Waals surface area contributed by atoms with Gasteiger partial charge in [0.05, 0.1) is 6.04 Å². The summed E-state index contributed by atoms with van der Waals surface area (Å²) < 4.78 is 0. The first kappa shape index (κ1) is 15.7. The monoisotopic (exact) mass is 332 g/mol. The van der Waals surface area contributed by atoms with E-state index in [1.54, 1.807) is 12.1 Å². The average Bonchev–Trinajstić information content (AvgIpc) is 2.90. The van der Waals surface area contributed by atoms with E-state index in [4.69, 9.17) is 0 Å². The molecule has 0 saturated heterocycles. The van der Waals surface area contributed by atoms with Crippen molar-refractivity contribution in [1.29, 1.82) is 0 Å².